The summed E-state index contributed by atoms with van der Waals surface area (Å²) in [6.45, 7) is 2.31. The summed E-state index contributed by atoms with van der Waals surface area (Å²) in [6, 6.07) is 12.7. The second-order valence-electron chi connectivity index (χ2n) is 4.05. The number of pyridine rings is 1. The summed E-state index contributed by atoms with van der Waals surface area (Å²) >= 11 is 0. The molecule has 0 saturated carbocycles. The van der Waals surface area contributed by atoms with Crippen LogP contribution in [0.5, 0.6) is 0 Å². The fourth-order valence-corrected chi connectivity index (χ4v) is 1.88. The normalized spacial score (nSPS) is 12.1. The van der Waals surface area contributed by atoms with E-state index in [0.717, 1.165) is 5.56 Å². The van der Waals surface area contributed by atoms with Crippen LogP contribution in [0, 0.1) is 0 Å². The first-order valence-corrected chi connectivity index (χ1v) is 6.15. The highest BCUT2D eigenvalue weighted by Gasteiger charge is 2.24. The number of nitrogens with two attached hydrogens (primary N) is 1. The SMILES string of the molecule is CCOC(C(=O)c1cccnc1N)c1ccccc1. The Morgan fingerprint density at radius 1 is 1.26 bits per heavy atom. The Morgan fingerprint density at radius 3 is 2.63 bits per heavy atom. The van der Waals surface area contributed by atoms with E-state index < -0.39 is 6.10 Å². The maximum Gasteiger partial charge on any atom is 0.199 e. The average Bonchev–Trinajstić information content (AvgIpc) is 2.45. The molecular weight excluding hydrogens is 240 g/mol. The Bertz CT molecular complexity index is 555. The average molecular weight is 256 g/mol. The van der Waals surface area contributed by atoms with Gasteiger partial charge in [-0.3, -0.25) is 4.79 Å². The monoisotopic (exact) mass is 256 g/mol. The van der Waals surface area contributed by atoms with E-state index in [4.69, 9.17) is 10.5 Å². The summed E-state index contributed by atoms with van der Waals surface area (Å²) in [4.78, 5) is 16.4. The molecule has 0 spiro atoms. The minimum Gasteiger partial charge on any atom is -0.383 e. The van der Waals surface area contributed by atoms with Crippen LogP contribution in [0.4, 0.5) is 5.82 Å². The molecule has 0 aliphatic carbocycles. The van der Waals surface area contributed by atoms with Gasteiger partial charge in [0.2, 0.25) is 0 Å². The number of hydrogen-bond acceptors (Lipinski definition) is 4. The van der Waals surface area contributed by atoms with Gasteiger partial charge in [0.25, 0.3) is 0 Å². The number of carbonyl (C=O) groups is 1. The van der Waals surface area contributed by atoms with Crippen LogP contribution in [0.15, 0.2) is 48.7 Å². The van der Waals surface area contributed by atoms with E-state index in [1.54, 1.807) is 18.3 Å². The first kappa shape index (κ1) is 13.2. The Balaban J connectivity index is 2.35. The van der Waals surface area contributed by atoms with Crippen molar-refractivity contribution in [2.45, 2.75) is 13.0 Å². The number of nitrogens with zero attached hydrogens (tertiary/aromatic N) is 1. The molecule has 2 aromatic rings. The molecule has 1 heterocycles. The van der Waals surface area contributed by atoms with Crippen LogP contribution in [0.3, 0.4) is 0 Å². The number of hydrogen-bond donors (Lipinski definition) is 1. The molecule has 4 nitrogen and oxygen atoms in total. The number of ether oxygens (including phenoxy) is 1. The van der Waals surface area contributed by atoms with Gasteiger partial charge >= 0.3 is 0 Å². The molecule has 0 amide bonds. The van der Waals surface area contributed by atoms with E-state index in [-0.39, 0.29) is 11.6 Å². The van der Waals surface area contributed by atoms with Gasteiger partial charge in [0.15, 0.2) is 5.78 Å². The highest BCUT2D eigenvalue weighted by molar-refractivity contribution is 6.03. The molecule has 1 atom stereocenters. The minimum atomic E-state index is -0.641. The maximum atomic E-state index is 12.5. The van der Waals surface area contributed by atoms with Crippen LogP contribution < -0.4 is 5.73 Å². The van der Waals surface area contributed by atoms with Crippen molar-refractivity contribution in [1.29, 1.82) is 0 Å². The molecule has 1 unspecified atom stereocenters. The fraction of sp³-hybridized carbons (Fsp3) is 0.200. The molecular formula is C15H16N2O2. The zero-order chi connectivity index (χ0) is 13.7. The zero-order valence-corrected chi connectivity index (χ0v) is 10.7. The molecule has 0 fully saturated rings. The van der Waals surface area contributed by atoms with E-state index in [1.165, 1.54) is 0 Å². The van der Waals surface area contributed by atoms with E-state index in [9.17, 15) is 4.79 Å². The number of Topliss-reactive ketones (excluding diaryl/α,β-unsaturated/α-hetero) is 1. The molecule has 0 radical (unpaired) electrons. The Labute approximate surface area is 112 Å². The van der Waals surface area contributed by atoms with Crippen molar-refractivity contribution in [3.63, 3.8) is 0 Å². The lowest BCUT2D eigenvalue weighted by Crippen LogP contribution is -2.18. The Morgan fingerprint density at radius 2 is 2.00 bits per heavy atom. The van der Waals surface area contributed by atoms with E-state index in [2.05, 4.69) is 4.98 Å². The molecule has 0 bridgehead atoms. The van der Waals surface area contributed by atoms with Crippen LogP contribution in [-0.4, -0.2) is 17.4 Å². The smallest absolute Gasteiger partial charge is 0.199 e. The lowest BCUT2D eigenvalue weighted by molar-refractivity contribution is 0.0453. The number of benzene rings is 1. The van der Waals surface area contributed by atoms with Crippen LogP contribution in [0.1, 0.15) is 28.9 Å². The lowest BCUT2D eigenvalue weighted by atomic mass is 10.0. The number of nitrogen functional groups attached to an aromatic ring is 1. The molecule has 2 N–H and O–H groups in total. The predicted molar refractivity (Wildman–Crippen MR) is 73.8 cm³/mol. The summed E-state index contributed by atoms with van der Waals surface area (Å²) in [5.74, 6) is 0.0618. The van der Waals surface area contributed by atoms with E-state index in [1.807, 2.05) is 37.3 Å². The number of carbonyl (C=O) groups excluding carboxylic acids is 1. The van der Waals surface area contributed by atoms with Crippen molar-refractivity contribution in [1.82, 2.24) is 4.98 Å². The molecule has 1 aromatic heterocycles. The number of ketones is 1. The minimum absolute atomic E-state index is 0.168. The molecule has 0 aliphatic heterocycles. The van der Waals surface area contributed by atoms with E-state index in [0.29, 0.717) is 12.2 Å². The third kappa shape index (κ3) is 2.98. The quantitative estimate of drug-likeness (QED) is 0.835. The molecule has 19 heavy (non-hydrogen) atoms. The van der Waals surface area contributed by atoms with Gasteiger partial charge in [-0.1, -0.05) is 30.3 Å². The van der Waals surface area contributed by atoms with Gasteiger partial charge in [-0.15, -0.1) is 0 Å². The highest BCUT2D eigenvalue weighted by atomic mass is 16.5. The first-order chi connectivity index (χ1) is 9.24. The number of rotatable bonds is 5. The summed E-state index contributed by atoms with van der Waals surface area (Å²) in [6.07, 6.45) is 0.919. The molecule has 1 aromatic carbocycles. The van der Waals surface area contributed by atoms with Crippen LogP contribution in [0.2, 0.25) is 0 Å². The van der Waals surface area contributed by atoms with Gasteiger partial charge in [0.05, 0.1) is 5.56 Å². The number of anilines is 1. The second kappa shape index (κ2) is 6.11. The standard InChI is InChI=1S/C15H16N2O2/c1-2-19-14(11-7-4-3-5-8-11)13(18)12-9-6-10-17-15(12)16/h3-10,14H,2H2,1H3,(H2,16,17). The van der Waals surface area contributed by atoms with Crippen molar-refractivity contribution in [3.8, 4) is 0 Å². The van der Waals surface area contributed by atoms with Gasteiger partial charge in [-0.25, -0.2) is 4.98 Å². The van der Waals surface area contributed by atoms with Crippen LogP contribution >= 0.6 is 0 Å². The van der Waals surface area contributed by atoms with Crippen molar-refractivity contribution in [3.05, 3.63) is 59.8 Å². The summed E-state index contributed by atoms with van der Waals surface area (Å²) in [5.41, 5.74) is 6.96. The van der Waals surface area contributed by atoms with Gasteiger partial charge in [0, 0.05) is 12.8 Å². The molecule has 0 saturated heterocycles. The molecule has 2 rings (SSSR count). The molecule has 98 valence electrons. The topological polar surface area (TPSA) is 65.2 Å². The lowest BCUT2D eigenvalue weighted by Gasteiger charge is -2.16. The highest BCUT2D eigenvalue weighted by Crippen LogP contribution is 2.24. The predicted octanol–water partition coefficient (Wildman–Crippen LogP) is 2.62. The summed E-state index contributed by atoms with van der Waals surface area (Å²) in [7, 11) is 0. The zero-order valence-electron chi connectivity index (χ0n) is 10.7. The van der Waals surface area contributed by atoms with Crippen molar-refractivity contribution >= 4 is 11.6 Å². The van der Waals surface area contributed by atoms with Gasteiger partial charge in [-0.05, 0) is 24.6 Å². The van der Waals surface area contributed by atoms with Crippen molar-refractivity contribution in [2.24, 2.45) is 0 Å². The summed E-state index contributed by atoms with van der Waals surface area (Å²) in [5, 5.41) is 0. The molecule has 0 aliphatic rings. The molecule has 4 heteroatoms. The van der Waals surface area contributed by atoms with Gasteiger partial charge in [-0.2, -0.15) is 0 Å². The van der Waals surface area contributed by atoms with Crippen LogP contribution in [-0.2, 0) is 4.74 Å². The van der Waals surface area contributed by atoms with E-state index >= 15 is 0 Å². The summed E-state index contributed by atoms with van der Waals surface area (Å²) < 4.78 is 5.57. The van der Waals surface area contributed by atoms with Gasteiger partial charge < -0.3 is 10.5 Å². The van der Waals surface area contributed by atoms with Crippen molar-refractivity contribution in [2.75, 3.05) is 12.3 Å². The third-order valence-corrected chi connectivity index (χ3v) is 2.78. The second-order valence-corrected chi connectivity index (χ2v) is 4.05. The van der Waals surface area contributed by atoms with Gasteiger partial charge in [0.1, 0.15) is 11.9 Å². The maximum absolute atomic E-state index is 12.5. The Hall–Kier alpha value is -2.20. The first-order valence-electron chi connectivity index (χ1n) is 6.15. The Kier molecular flexibility index (Phi) is 4.26. The largest absolute Gasteiger partial charge is 0.383 e. The van der Waals surface area contributed by atoms with Crippen LogP contribution in [0.25, 0.3) is 0 Å². The number of aromatic nitrogens is 1. The third-order valence-electron chi connectivity index (χ3n) is 2.78. The van der Waals surface area contributed by atoms with Crippen molar-refractivity contribution < 1.29 is 9.53 Å². The fourth-order valence-electron chi connectivity index (χ4n) is 1.88.